The summed E-state index contributed by atoms with van der Waals surface area (Å²) in [6, 6.07) is 0.332. The molecule has 5 heterocycles. The molecule has 0 aromatic carbocycles. The number of methoxy groups -OCH3 is 1. The number of aliphatic imine (C=N–C) groups is 2. The van der Waals surface area contributed by atoms with Crippen LogP contribution in [0.2, 0.25) is 51.4 Å². The number of aryl methyl sites for hydroxylation is 2. The molecule has 20 nitrogen and oxygen atoms in total. The van der Waals surface area contributed by atoms with Crippen LogP contribution in [-0.2, 0) is 23.7 Å². The van der Waals surface area contributed by atoms with E-state index in [2.05, 4.69) is 70.2 Å². The maximum absolute atomic E-state index is 13.1. The lowest BCUT2D eigenvalue weighted by molar-refractivity contribution is 0.0499. The van der Waals surface area contributed by atoms with Crippen LogP contribution in [0.4, 0.5) is 14.4 Å². The van der Waals surface area contributed by atoms with Gasteiger partial charge in [-0.1, -0.05) is 39.3 Å². The third kappa shape index (κ3) is 15.3. The highest BCUT2D eigenvalue weighted by Crippen LogP contribution is 2.36. The van der Waals surface area contributed by atoms with E-state index in [4.69, 9.17) is 47.5 Å². The summed E-state index contributed by atoms with van der Waals surface area (Å²) in [5.74, 6) is 0.887. The van der Waals surface area contributed by atoms with Crippen LogP contribution in [0, 0.1) is 13.8 Å². The summed E-state index contributed by atoms with van der Waals surface area (Å²) in [5.41, 5.74) is 0.756. The molecule has 24 heteroatoms. The van der Waals surface area contributed by atoms with Crippen LogP contribution in [-0.4, -0.2) is 111 Å². The topological polar surface area (TPSA) is 253 Å². The molecule has 1 aliphatic rings. The third-order valence-corrected chi connectivity index (χ3v) is 14.6. The predicted molar refractivity (Wildman–Crippen MR) is 255 cm³/mol. The summed E-state index contributed by atoms with van der Waals surface area (Å²) < 4.78 is 39.0. The van der Waals surface area contributed by atoms with Crippen molar-refractivity contribution in [3.05, 3.63) is 44.6 Å². The fourth-order valence-electron chi connectivity index (χ4n) is 5.91. The van der Waals surface area contributed by atoms with Crippen LogP contribution >= 0.6 is 22.7 Å². The first-order valence-electron chi connectivity index (χ1n) is 21.5. The number of rotatable bonds is 17. The summed E-state index contributed by atoms with van der Waals surface area (Å²) in [5, 5.41) is 12.7. The van der Waals surface area contributed by atoms with Gasteiger partial charge in [0.15, 0.2) is 11.7 Å². The number of hydrogen-bond donors (Lipinski definition) is 3. The molecular weight excluding hydrogens is 927 g/mol. The van der Waals surface area contributed by atoms with Crippen LogP contribution in [0.5, 0.6) is 0 Å². The lowest BCUT2D eigenvalue weighted by atomic mass is 10.1. The molecule has 1 aliphatic heterocycles. The molecule has 0 fully saturated rings. The van der Waals surface area contributed by atoms with Gasteiger partial charge in [-0.2, -0.15) is 0 Å². The molecule has 0 spiro atoms. The van der Waals surface area contributed by atoms with Gasteiger partial charge in [0.25, 0.3) is 0 Å². The molecule has 0 bridgehead atoms. The van der Waals surface area contributed by atoms with E-state index in [-0.39, 0.29) is 43.2 Å². The van der Waals surface area contributed by atoms with Crippen molar-refractivity contribution < 1.29 is 51.7 Å². The van der Waals surface area contributed by atoms with Gasteiger partial charge in [-0.15, -0.1) is 22.7 Å². The van der Waals surface area contributed by atoms with Gasteiger partial charge in [0.05, 0.1) is 26.4 Å². The second-order valence-corrected chi connectivity index (χ2v) is 31.9. The number of thiazole rings is 2. The van der Waals surface area contributed by atoms with Gasteiger partial charge in [0, 0.05) is 33.5 Å². The number of esters is 1. The van der Waals surface area contributed by atoms with E-state index < -0.39 is 64.2 Å². The van der Waals surface area contributed by atoms with Gasteiger partial charge in [-0.25, -0.2) is 44.1 Å². The van der Waals surface area contributed by atoms with Gasteiger partial charge in [-0.05, 0) is 66.5 Å². The first-order valence-corrected chi connectivity index (χ1v) is 30.7. The Labute approximate surface area is 394 Å². The SMILES string of the molecule is COC(=O)c1nc(C2N=C(c3csc(-c4nc(-c5csc([C@H](CCCN=C(NC(=O)OCC[Si](C)(C)C)NC(=O)OCC[Si](C)(C)C)NC(=O)OC(C)(C)C)n5)oc4C)n3)OC2C)oc1C. The number of nitrogens with one attached hydrogen (secondary N) is 3. The van der Waals surface area contributed by atoms with E-state index in [1.54, 1.807) is 45.4 Å². The molecule has 66 heavy (non-hydrogen) atoms. The van der Waals surface area contributed by atoms with Gasteiger partial charge in [0.2, 0.25) is 23.6 Å². The molecule has 3 N–H and O–H groups in total. The average molecular weight is 988 g/mol. The van der Waals surface area contributed by atoms with Crippen molar-refractivity contribution in [1.29, 1.82) is 0 Å². The van der Waals surface area contributed by atoms with Crippen LogP contribution in [0.15, 0.2) is 29.6 Å². The Balaban J connectivity index is 1.29. The Morgan fingerprint density at radius 1 is 0.848 bits per heavy atom. The fourth-order valence-corrected chi connectivity index (χ4v) is 9.05. The number of alkyl carbamates (subject to hydrolysis) is 3. The maximum Gasteiger partial charge on any atom is 0.413 e. The smallest absolute Gasteiger partial charge is 0.413 e. The highest BCUT2D eigenvalue weighted by atomic mass is 32.1. The van der Waals surface area contributed by atoms with E-state index >= 15 is 0 Å². The summed E-state index contributed by atoms with van der Waals surface area (Å²) in [4.78, 5) is 78.4. The first kappa shape index (κ1) is 51.5. The monoisotopic (exact) mass is 987 g/mol. The predicted octanol–water partition coefficient (Wildman–Crippen LogP) is 9.05. The Morgan fingerprint density at radius 3 is 2.09 bits per heavy atom. The quantitative estimate of drug-likeness (QED) is 0.0223. The van der Waals surface area contributed by atoms with E-state index in [0.29, 0.717) is 57.4 Å². The normalized spacial score (nSPS) is 15.6. The highest BCUT2D eigenvalue weighted by molar-refractivity contribution is 7.13. The van der Waals surface area contributed by atoms with Crippen molar-refractivity contribution in [2.45, 2.75) is 130 Å². The fraction of sp³-hybridized carbons (Fsp3) is 0.571. The number of oxazole rings is 2. The van der Waals surface area contributed by atoms with Crippen molar-refractivity contribution in [3.63, 3.8) is 0 Å². The van der Waals surface area contributed by atoms with Gasteiger partial charge >= 0.3 is 24.2 Å². The molecule has 0 aliphatic carbocycles. The molecule has 3 amide bonds. The molecule has 2 unspecified atom stereocenters. The minimum Gasteiger partial charge on any atom is -0.470 e. The highest BCUT2D eigenvalue weighted by Gasteiger charge is 2.36. The summed E-state index contributed by atoms with van der Waals surface area (Å²) in [7, 11) is -1.64. The number of ether oxygens (including phenoxy) is 5. The largest absolute Gasteiger partial charge is 0.470 e. The van der Waals surface area contributed by atoms with E-state index in [9.17, 15) is 19.2 Å². The van der Waals surface area contributed by atoms with E-state index in [1.807, 2.05) is 6.92 Å². The Bertz CT molecular complexity index is 2370. The van der Waals surface area contributed by atoms with E-state index in [1.165, 1.54) is 29.8 Å². The Hall–Kier alpha value is -5.47. The van der Waals surface area contributed by atoms with Gasteiger partial charge < -0.3 is 37.8 Å². The van der Waals surface area contributed by atoms with Crippen molar-refractivity contribution in [1.82, 2.24) is 35.9 Å². The lowest BCUT2D eigenvalue weighted by Gasteiger charge is -2.22. The van der Waals surface area contributed by atoms with Crippen molar-refractivity contribution in [2.24, 2.45) is 9.98 Å². The van der Waals surface area contributed by atoms with Crippen molar-refractivity contribution in [2.75, 3.05) is 26.9 Å². The molecule has 0 radical (unpaired) electrons. The number of carbonyl (C=O) groups excluding carboxylic acids is 4. The minimum absolute atomic E-state index is 0.0811. The number of guanidine groups is 1. The number of hydrogen-bond acceptors (Lipinski definition) is 19. The van der Waals surface area contributed by atoms with Crippen molar-refractivity contribution >= 4 is 74.9 Å². The summed E-state index contributed by atoms with van der Waals surface area (Å²) in [6.07, 6.45) is -1.81. The Morgan fingerprint density at radius 2 is 1.48 bits per heavy atom. The molecular formula is C42H61N9O11S2Si2. The first-order chi connectivity index (χ1) is 30.9. The van der Waals surface area contributed by atoms with Gasteiger partial charge in [0.1, 0.15) is 50.3 Å². The zero-order valence-corrected chi connectivity index (χ0v) is 43.5. The van der Waals surface area contributed by atoms with E-state index in [0.717, 1.165) is 12.1 Å². The van der Waals surface area contributed by atoms with Crippen LogP contribution in [0.25, 0.3) is 22.3 Å². The average Bonchev–Trinajstić information content (AvgIpc) is 4.05. The molecule has 0 saturated heterocycles. The lowest BCUT2D eigenvalue weighted by Crippen LogP contribution is -2.45. The second-order valence-electron chi connectivity index (χ2n) is 18.9. The van der Waals surface area contributed by atoms with Gasteiger partial charge in [-0.3, -0.25) is 15.6 Å². The number of nitrogens with zero attached hydrogens (tertiary/aromatic N) is 6. The molecule has 3 atom stereocenters. The molecule has 5 rings (SSSR count). The standard InChI is InChI=1S/C42H61N9O11S2Si2/c1-23-29(34-49-31(25(3)61-34)37(52)56-7)47-32(59-23)28-22-64-36(45-28)30-24(2)60-33(48-30)27-21-63-35(44-27)26(46-41(55)62-42(4,5)6)15-14-16-43-38(50-39(53)57-17-19-65(8,9)10)51-40(54)58-18-20-66(11,12)13/h21-23,26,29H,14-20H2,1-13H3,(H,46,55)(H2,43,50,51,53,54)/t23?,26-,29?/m0/s1. The zero-order chi connectivity index (χ0) is 48.6. The summed E-state index contributed by atoms with van der Waals surface area (Å²) in [6.45, 7) is 24.2. The van der Waals surface area contributed by atoms with Crippen LogP contribution in [0.3, 0.4) is 0 Å². The van der Waals surface area contributed by atoms with Crippen LogP contribution in [0.1, 0.15) is 91.2 Å². The zero-order valence-electron chi connectivity index (χ0n) is 39.8. The second kappa shape index (κ2) is 21.9. The third-order valence-electron chi connectivity index (χ3n) is 9.43. The molecule has 360 valence electrons. The maximum atomic E-state index is 13.1. The van der Waals surface area contributed by atoms with Crippen LogP contribution < -0.4 is 16.0 Å². The number of amides is 3. The molecule has 0 saturated carbocycles. The number of carbonyl (C=O) groups is 4. The summed E-state index contributed by atoms with van der Waals surface area (Å²) >= 11 is 2.64. The Kier molecular flexibility index (Phi) is 17.1. The van der Waals surface area contributed by atoms with Crippen molar-refractivity contribution in [3.8, 4) is 22.3 Å². The molecule has 4 aromatic heterocycles. The number of aromatic nitrogens is 4. The molecule has 4 aromatic rings. The minimum atomic E-state index is -1.46.